The Bertz CT molecular complexity index is 2890. The summed E-state index contributed by atoms with van der Waals surface area (Å²) in [5.41, 5.74) is 10.5. The maximum atomic E-state index is 5.29. The van der Waals surface area contributed by atoms with Crippen LogP contribution in [0.25, 0.3) is 98.2 Å². The van der Waals surface area contributed by atoms with Crippen LogP contribution in [-0.2, 0) is 0 Å². The van der Waals surface area contributed by atoms with Crippen LogP contribution in [0.2, 0.25) is 0 Å². The minimum atomic E-state index is 0.984. The standard InChI is InChI=1S/C42H26N4/c1-23-30-16-18-33(26-13-14-35-31-8-4-3-7-27(31)21-44-38(35)20-26)42-40(30)39-29(24(2)46-42)15-17-32(41(39)45-23)25-11-12-28-22-43-37-10-6-5-9-34(37)36(28)19-25/h3-22H,1-2H3. The fourth-order valence-corrected chi connectivity index (χ4v) is 7.50. The van der Waals surface area contributed by atoms with Gasteiger partial charge >= 0.3 is 0 Å². The third-order valence-electron chi connectivity index (χ3n) is 9.75. The Kier molecular flexibility index (Phi) is 5.10. The lowest BCUT2D eigenvalue weighted by Gasteiger charge is -2.18. The minimum Gasteiger partial charge on any atom is -0.256 e. The summed E-state index contributed by atoms with van der Waals surface area (Å²) in [6, 6.07) is 38.9. The van der Waals surface area contributed by atoms with Crippen molar-refractivity contribution in [1.82, 2.24) is 19.9 Å². The minimum absolute atomic E-state index is 0.984. The van der Waals surface area contributed by atoms with Crippen molar-refractivity contribution >= 4 is 75.9 Å². The Hall–Kier alpha value is -6.00. The fraction of sp³-hybridized carbons (Fsp3) is 0.0476. The van der Waals surface area contributed by atoms with Crippen molar-refractivity contribution in [3.05, 3.63) is 133 Å². The largest absolute Gasteiger partial charge is 0.256 e. The van der Waals surface area contributed by atoms with E-state index in [1.54, 1.807) is 0 Å². The number of para-hydroxylation sites is 1. The summed E-state index contributed by atoms with van der Waals surface area (Å²) >= 11 is 0. The van der Waals surface area contributed by atoms with E-state index in [1.807, 2.05) is 18.5 Å². The quantitative estimate of drug-likeness (QED) is 0.189. The van der Waals surface area contributed by atoms with Crippen molar-refractivity contribution in [3.63, 3.8) is 0 Å². The molecule has 0 atom stereocenters. The van der Waals surface area contributed by atoms with Crippen molar-refractivity contribution in [2.45, 2.75) is 13.8 Å². The van der Waals surface area contributed by atoms with Crippen LogP contribution in [-0.4, -0.2) is 19.9 Å². The molecule has 4 nitrogen and oxygen atoms in total. The number of hydrogen-bond donors (Lipinski definition) is 0. The molecule has 4 aromatic heterocycles. The molecule has 4 heterocycles. The second-order valence-corrected chi connectivity index (χ2v) is 12.3. The zero-order valence-corrected chi connectivity index (χ0v) is 25.3. The van der Waals surface area contributed by atoms with Gasteiger partial charge < -0.3 is 0 Å². The average molecular weight is 587 g/mol. The molecule has 0 spiro atoms. The van der Waals surface area contributed by atoms with E-state index in [2.05, 4.69) is 122 Å². The Balaban J connectivity index is 1.25. The summed E-state index contributed by atoms with van der Waals surface area (Å²) in [7, 11) is 0. The molecule has 0 amide bonds. The van der Waals surface area contributed by atoms with Gasteiger partial charge in [-0.15, -0.1) is 0 Å². The van der Waals surface area contributed by atoms with Crippen LogP contribution >= 0.6 is 0 Å². The predicted molar refractivity (Wildman–Crippen MR) is 192 cm³/mol. The number of fused-ring (bicyclic) bond motifs is 6. The topological polar surface area (TPSA) is 51.6 Å². The van der Waals surface area contributed by atoms with E-state index >= 15 is 0 Å². The average Bonchev–Trinajstić information content (AvgIpc) is 3.10. The van der Waals surface area contributed by atoms with Gasteiger partial charge in [-0.05, 0) is 53.9 Å². The third kappa shape index (κ3) is 3.50. The number of hydrogen-bond acceptors (Lipinski definition) is 4. The molecular weight excluding hydrogens is 560 g/mol. The van der Waals surface area contributed by atoms with Crippen LogP contribution in [0, 0.1) is 13.8 Å². The molecule has 0 aliphatic rings. The smallest absolute Gasteiger partial charge is 0.0797 e. The molecule has 46 heavy (non-hydrogen) atoms. The van der Waals surface area contributed by atoms with E-state index in [9.17, 15) is 0 Å². The summed E-state index contributed by atoms with van der Waals surface area (Å²) in [5, 5.41) is 11.6. The van der Waals surface area contributed by atoms with Gasteiger partial charge in [-0.3, -0.25) is 19.9 Å². The maximum Gasteiger partial charge on any atom is 0.0797 e. The number of benzene rings is 6. The summed E-state index contributed by atoms with van der Waals surface area (Å²) in [4.78, 5) is 20.1. The Morgan fingerprint density at radius 3 is 1.70 bits per heavy atom. The summed E-state index contributed by atoms with van der Waals surface area (Å²) in [6.07, 6.45) is 3.94. The summed E-state index contributed by atoms with van der Waals surface area (Å²) in [6.45, 7) is 4.23. The molecule has 0 unspecified atom stereocenters. The predicted octanol–water partition coefficient (Wildman–Crippen LogP) is 10.7. The summed E-state index contributed by atoms with van der Waals surface area (Å²) in [5.74, 6) is 0. The third-order valence-corrected chi connectivity index (χ3v) is 9.75. The van der Waals surface area contributed by atoms with Gasteiger partial charge in [0, 0.05) is 78.0 Å². The zero-order chi connectivity index (χ0) is 30.5. The lowest BCUT2D eigenvalue weighted by Crippen LogP contribution is -1.98. The first-order valence-corrected chi connectivity index (χ1v) is 15.6. The van der Waals surface area contributed by atoms with Gasteiger partial charge in [-0.2, -0.15) is 0 Å². The van der Waals surface area contributed by atoms with Crippen LogP contribution in [0.4, 0.5) is 0 Å². The van der Waals surface area contributed by atoms with Crippen molar-refractivity contribution in [2.24, 2.45) is 0 Å². The van der Waals surface area contributed by atoms with Crippen LogP contribution in [0.15, 0.2) is 122 Å². The first kappa shape index (κ1) is 25.3. The first-order valence-electron chi connectivity index (χ1n) is 15.6. The van der Waals surface area contributed by atoms with Gasteiger partial charge in [0.2, 0.25) is 0 Å². The van der Waals surface area contributed by atoms with Crippen LogP contribution in [0.3, 0.4) is 0 Å². The van der Waals surface area contributed by atoms with E-state index < -0.39 is 0 Å². The molecule has 6 aromatic carbocycles. The lowest BCUT2D eigenvalue weighted by atomic mass is 9.90. The molecule has 0 aliphatic heterocycles. The maximum absolute atomic E-state index is 5.29. The molecule has 0 fully saturated rings. The molecular formula is C42H26N4. The molecule has 10 aromatic rings. The number of rotatable bonds is 2. The molecule has 10 rings (SSSR count). The monoisotopic (exact) mass is 586 g/mol. The molecule has 0 aliphatic carbocycles. The van der Waals surface area contributed by atoms with Gasteiger partial charge in [-0.25, -0.2) is 0 Å². The molecule has 214 valence electrons. The second-order valence-electron chi connectivity index (χ2n) is 12.3. The Morgan fingerprint density at radius 1 is 0.413 bits per heavy atom. The van der Waals surface area contributed by atoms with Gasteiger partial charge in [0.25, 0.3) is 0 Å². The Morgan fingerprint density at radius 2 is 0.957 bits per heavy atom. The van der Waals surface area contributed by atoms with Gasteiger partial charge in [-0.1, -0.05) is 91.0 Å². The zero-order valence-electron chi connectivity index (χ0n) is 25.3. The van der Waals surface area contributed by atoms with Gasteiger partial charge in [0.15, 0.2) is 0 Å². The second kappa shape index (κ2) is 9.26. The molecule has 0 N–H and O–H groups in total. The summed E-state index contributed by atoms with van der Waals surface area (Å²) < 4.78 is 0. The fourth-order valence-electron chi connectivity index (χ4n) is 7.50. The molecule has 0 bridgehead atoms. The van der Waals surface area contributed by atoms with E-state index in [0.29, 0.717) is 0 Å². The molecule has 0 saturated carbocycles. The highest BCUT2D eigenvalue weighted by molar-refractivity contribution is 6.26. The van der Waals surface area contributed by atoms with Crippen LogP contribution in [0.1, 0.15) is 11.4 Å². The van der Waals surface area contributed by atoms with Crippen LogP contribution < -0.4 is 0 Å². The van der Waals surface area contributed by atoms with Crippen molar-refractivity contribution < 1.29 is 0 Å². The highest BCUT2D eigenvalue weighted by atomic mass is 14.7. The van der Waals surface area contributed by atoms with Crippen LogP contribution in [0.5, 0.6) is 0 Å². The number of aryl methyl sites for hydroxylation is 2. The molecule has 4 heteroatoms. The van der Waals surface area contributed by atoms with Gasteiger partial charge in [0.05, 0.1) is 22.1 Å². The van der Waals surface area contributed by atoms with Crippen molar-refractivity contribution in [2.75, 3.05) is 0 Å². The highest BCUT2D eigenvalue weighted by Crippen LogP contribution is 2.43. The normalized spacial score (nSPS) is 12.1. The van der Waals surface area contributed by atoms with E-state index in [1.165, 1.54) is 21.5 Å². The van der Waals surface area contributed by atoms with E-state index in [-0.39, 0.29) is 0 Å². The first-order chi connectivity index (χ1) is 22.6. The van der Waals surface area contributed by atoms with E-state index in [0.717, 1.165) is 88.0 Å². The van der Waals surface area contributed by atoms with Crippen molar-refractivity contribution in [1.29, 1.82) is 0 Å². The highest BCUT2D eigenvalue weighted by Gasteiger charge is 2.20. The number of nitrogens with zero attached hydrogens (tertiary/aromatic N) is 4. The molecule has 0 radical (unpaired) electrons. The Labute approximate surface area is 264 Å². The number of aromatic nitrogens is 4. The van der Waals surface area contributed by atoms with E-state index in [4.69, 9.17) is 15.0 Å². The van der Waals surface area contributed by atoms with Crippen molar-refractivity contribution in [3.8, 4) is 22.3 Å². The number of pyridine rings is 4. The molecule has 0 saturated heterocycles. The SMILES string of the molecule is Cc1nc2c(-c3ccc4cnc5ccccc5c4c3)ccc3c(C)nc4c(-c5ccc6c(c5)ncc5ccccc56)ccc1c4c32. The van der Waals surface area contributed by atoms with Gasteiger partial charge in [0.1, 0.15) is 0 Å². The lowest BCUT2D eigenvalue weighted by molar-refractivity contribution is 1.26.